The number of rotatable bonds is 8. The molecule has 5 rings (SSSR count). The number of benzene rings is 5. The summed E-state index contributed by atoms with van der Waals surface area (Å²) >= 11 is 0. The fourth-order valence-corrected chi connectivity index (χ4v) is 8.05. The second-order valence-electron chi connectivity index (χ2n) is 8.13. The van der Waals surface area contributed by atoms with Crippen LogP contribution in [0.15, 0.2) is 146 Å². The summed E-state index contributed by atoms with van der Waals surface area (Å²) in [4.78, 5) is 0. The molecule has 0 bridgehead atoms. The third-order valence-electron chi connectivity index (χ3n) is 5.88. The van der Waals surface area contributed by atoms with Crippen molar-refractivity contribution in [1.82, 2.24) is 0 Å². The Labute approximate surface area is 202 Å². The number of hydrogen-bond acceptors (Lipinski definition) is 2. The highest BCUT2D eigenvalue weighted by atomic mass is 28.4. The fourth-order valence-electron chi connectivity index (χ4n) is 4.22. The molecule has 0 aromatic heterocycles. The molecule has 0 aliphatic heterocycles. The lowest BCUT2D eigenvalue weighted by Gasteiger charge is -2.33. The first kappa shape index (κ1) is 21.7. The molecule has 0 aliphatic rings. The Morgan fingerprint density at radius 1 is 0.412 bits per heavy atom. The van der Waals surface area contributed by atoms with Crippen LogP contribution in [0.3, 0.4) is 0 Å². The van der Waals surface area contributed by atoms with Gasteiger partial charge in [0, 0.05) is 0 Å². The SMILES string of the molecule is c1ccc(COc2ccc(O[Si](c3ccccc3)(c3ccccc3)c3ccccc3)cc2)cc1. The summed E-state index contributed by atoms with van der Waals surface area (Å²) < 4.78 is 13.0. The van der Waals surface area contributed by atoms with Gasteiger partial charge in [-0.2, -0.15) is 0 Å². The van der Waals surface area contributed by atoms with E-state index in [9.17, 15) is 0 Å². The fraction of sp³-hybridized carbons (Fsp3) is 0.0323. The highest BCUT2D eigenvalue weighted by Gasteiger charge is 2.43. The van der Waals surface area contributed by atoms with Crippen molar-refractivity contribution >= 4 is 23.9 Å². The standard InChI is InChI=1S/C31H26O2Si/c1-5-13-26(14-6-1)25-32-27-21-23-28(24-22-27)33-34(29-15-7-2-8-16-29,30-17-9-3-10-18-30)31-19-11-4-12-20-31/h1-24H,25H2. The van der Waals surface area contributed by atoms with Crippen molar-refractivity contribution < 1.29 is 9.16 Å². The van der Waals surface area contributed by atoms with Gasteiger partial charge in [0.15, 0.2) is 0 Å². The van der Waals surface area contributed by atoms with Gasteiger partial charge in [-0.3, -0.25) is 0 Å². The molecule has 34 heavy (non-hydrogen) atoms. The smallest absolute Gasteiger partial charge is 0.346 e. The first-order valence-electron chi connectivity index (χ1n) is 11.5. The van der Waals surface area contributed by atoms with Gasteiger partial charge in [0.05, 0.1) is 0 Å². The molecule has 0 atom stereocenters. The summed E-state index contributed by atoms with van der Waals surface area (Å²) in [7, 11) is -2.79. The maximum absolute atomic E-state index is 7.06. The first-order valence-corrected chi connectivity index (χ1v) is 13.4. The van der Waals surface area contributed by atoms with E-state index in [1.54, 1.807) is 0 Å². The Kier molecular flexibility index (Phi) is 6.55. The minimum Gasteiger partial charge on any atom is -0.530 e. The zero-order valence-corrected chi connectivity index (χ0v) is 19.9. The Morgan fingerprint density at radius 3 is 1.24 bits per heavy atom. The van der Waals surface area contributed by atoms with Crippen LogP contribution < -0.4 is 24.7 Å². The third-order valence-corrected chi connectivity index (χ3v) is 9.86. The van der Waals surface area contributed by atoms with Gasteiger partial charge in [0.2, 0.25) is 0 Å². The van der Waals surface area contributed by atoms with E-state index in [4.69, 9.17) is 9.16 Å². The lowest BCUT2D eigenvalue weighted by molar-refractivity contribution is 0.306. The van der Waals surface area contributed by atoms with Gasteiger partial charge in [-0.1, -0.05) is 121 Å². The van der Waals surface area contributed by atoms with Crippen molar-refractivity contribution in [1.29, 1.82) is 0 Å². The second-order valence-corrected chi connectivity index (χ2v) is 11.4. The summed E-state index contributed by atoms with van der Waals surface area (Å²) in [5, 5.41) is 3.62. The normalized spacial score (nSPS) is 11.1. The van der Waals surface area contributed by atoms with Crippen LogP contribution in [0.25, 0.3) is 0 Å². The van der Waals surface area contributed by atoms with Gasteiger partial charge in [0.1, 0.15) is 18.1 Å². The molecule has 0 amide bonds. The number of hydrogen-bond donors (Lipinski definition) is 0. The van der Waals surface area contributed by atoms with Crippen molar-refractivity contribution in [2.75, 3.05) is 0 Å². The highest BCUT2D eigenvalue weighted by molar-refractivity contribution is 7.07. The molecular weight excluding hydrogens is 432 g/mol. The quantitative estimate of drug-likeness (QED) is 0.232. The Bertz CT molecular complexity index is 1190. The molecule has 5 aromatic carbocycles. The monoisotopic (exact) mass is 458 g/mol. The van der Waals surface area contributed by atoms with Crippen molar-refractivity contribution in [2.24, 2.45) is 0 Å². The van der Waals surface area contributed by atoms with Crippen molar-refractivity contribution in [3.8, 4) is 11.5 Å². The van der Waals surface area contributed by atoms with Gasteiger partial charge in [-0.15, -0.1) is 0 Å². The Balaban J connectivity index is 1.51. The molecule has 0 saturated heterocycles. The predicted octanol–water partition coefficient (Wildman–Crippen LogP) is 5.31. The third kappa shape index (κ3) is 4.66. The van der Waals surface area contributed by atoms with Gasteiger partial charge in [-0.25, -0.2) is 0 Å². The van der Waals surface area contributed by atoms with Crippen LogP contribution in [0.2, 0.25) is 0 Å². The summed E-state index contributed by atoms with van der Waals surface area (Å²) in [6.07, 6.45) is 0. The zero-order chi connectivity index (χ0) is 23.1. The minimum atomic E-state index is -2.79. The van der Waals surface area contributed by atoms with E-state index in [2.05, 4.69) is 103 Å². The van der Waals surface area contributed by atoms with Gasteiger partial charge >= 0.3 is 8.32 Å². The zero-order valence-electron chi connectivity index (χ0n) is 18.9. The Morgan fingerprint density at radius 2 is 0.794 bits per heavy atom. The average Bonchev–Trinajstić information content (AvgIpc) is 2.93. The maximum atomic E-state index is 7.06. The molecule has 166 valence electrons. The van der Waals surface area contributed by atoms with Crippen molar-refractivity contribution in [3.05, 3.63) is 151 Å². The van der Waals surface area contributed by atoms with Gasteiger partial charge < -0.3 is 9.16 Å². The van der Waals surface area contributed by atoms with E-state index < -0.39 is 8.32 Å². The van der Waals surface area contributed by atoms with Gasteiger partial charge in [-0.05, 0) is 45.4 Å². The predicted molar refractivity (Wildman–Crippen MR) is 142 cm³/mol. The summed E-state index contributed by atoms with van der Waals surface area (Å²) in [6, 6.07) is 50.0. The molecule has 0 N–H and O–H groups in total. The van der Waals surface area contributed by atoms with Crippen LogP contribution in [-0.2, 0) is 6.61 Å². The number of ether oxygens (including phenoxy) is 1. The average molecular weight is 459 g/mol. The van der Waals surface area contributed by atoms with Crippen LogP contribution >= 0.6 is 0 Å². The molecule has 0 saturated carbocycles. The van der Waals surface area contributed by atoms with E-state index >= 15 is 0 Å². The van der Waals surface area contributed by atoms with Crippen molar-refractivity contribution in [2.45, 2.75) is 6.61 Å². The van der Waals surface area contributed by atoms with Crippen LogP contribution in [0.5, 0.6) is 11.5 Å². The molecule has 0 fully saturated rings. The lowest BCUT2D eigenvalue weighted by atomic mass is 10.2. The molecule has 0 aliphatic carbocycles. The first-order chi connectivity index (χ1) is 16.8. The molecule has 2 nitrogen and oxygen atoms in total. The Hall–Kier alpha value is -4.08. The van der Waals surface area contributed by atoms with E-state index in [1.807, 2.05) is 42.5 Å². The van der Waals surface area contributed by atoms with Gasteiger partial charge in [0.25, 0.3) is 0 Å². The topological polar surface area (TPSA) is 18.5 Å². The summed E-state index contributed by atoms with van der Waals surface area (Å²) in [5.41, 5.74) is 1.14. The molecule has 3 heteroatoms. The highest BCUT2D eigenvalue weighted by Crippen LogP contribution is 2.22. The maximum Gasteiger partial charge on any atom is 0.346 e. The van der Waals surface area contributed by atoms with Crippen LogP contribution in [0.4, 0.5) is 0 Å². The van der Waals surface area contributed by atoms with E-state index in [0.29, 0.717) is 6.61 Å². The van der Waals surface area contributed by atoms with E-state index in [1.165, 1.54) is 15.6 Å². The largest absolute Gasteiger partial charge is 0.530 e. The molecule has 5 aromatic rings. The second kappa shape index (κ2) is 10.2. The lowest BCUT2D eigenvalue weighted by Crippen LogP contribution is -2.71. The molecule has 0 spiro atoms. The molecule has 0 radical (unpaired) electrons. The van der Waals surface area contributed by atoms with Crippen LogP contribution in [0, 0.1) is 0 Å². The minimum absolute atomic E-state index is 0.539. The molecular formula is C31H26O2Si. The van der Waals surface area contributed by atoms with Crippen LogP contribution in [-0.4, -0.2) is 8.32 Å². The summed E-state index contributed by atoms with van der Waals surface area (Å²) in [5.74, 6) is 1.65. The van der Waals surface area contributed by atoms with Crippen LogP contribution in [0.1, 0.15) is 5.56 Å². The summed E-state index contributed by atoms with van der Waals surface area (Å²) in [6.45, 7) is 0.539. The molecule has 0 unspecified atom stereocenters. The molecule has 0 heterocycles. The van der Waals surface area contributed by atoms with Crippen molar-refractivity contribution in [3.63, 3.8) is 0 Å². The van der Waals surface area contributed by atoms with E-state index in [-0.39, 0.29) is 0 Å². The van der Waals surface area contributed by atoms with E-state index in [0.717, 1.165) is 17.1 Å².